The standard InChI is InChI=1S/C28H24FIN6O2/c29-20-8-6-19(7-9-20)25-24-17-32-33-36(24)23-11-10-21(30)16-22(23)27(37)35(25)26(18-4-2-1-3-5-18)28(38)34-14-12-31-13-15-34/h1-11,16-17,25-26,31H,12-15H2. The van der Waals surface area contributed by atoms with Crippen molar-refractivity contribution in [1.82, 2.24) is 30.1 Å². The monoisotopic (exact) mass is 622 g/mol. The molecule has 38 heavy (non-hydrogen) atoms. The molecule has 1 fully saturated rings. The smallest absolute Gasteiger partial charge is 0.257 e. The van der Waals surface area contributed by atoms with Crippen LogP contribution in [-0.2, 0) is 4.79 Å². The van der Waals surface area contributed by atoms with Crippen LogP contribution in [0.2, 0.25) is 0 Å². The van der Waals surface area contributed by atoms with Gasteiger partial charge < -0.3 is 15.1 Å². The molecule has 3 aromatic carbocycles. The summed E-state index contributed by atoms with van der Waals surface area (Å²) in [5.74, 6) is -0.858. The van der Waals surface area contributed by atoms with E-state index in [1.807, 2.05) is 42.5 Å². The Hall–Kier alpha value is -3.64. The van der Waals surface area contributed by atoms with E-state index in [4.69, 9.17) is 0 Å². The molecule has 192 valence electrons. The van der Waals surface area contributed by atoms with Crippen LogP contribution < -0.4 is 5.32 Å². The lowest BCUT2D eigenvalue weighted by atomic mass is 9.95. The minimum absolute atomic E-state index is 0.161. The predicted octanol–water partition coefficient (Wildman–Crippen LogP) is 3.73. The van der Waals surface area contributed by atoms with Gasteiger partial charge in [0.05, 0.1) is 23.1 Å². The number of nitrogens with zero attached hydrogens (tertiary/aromatic N) is 5. The third-order valence-corrected chi connectivity index (χ3v) is 7.70. The summed E-state index contributed by atoms with van der Waals surface area (Å²) in [6.07, 6.45) is 1.61. The molecule has 0 aliphatic carbocycles. The third kappa shape index (κ3) is 4.37. The van der Waals surface area contributed by atoms with Crippen LogP contribution in [0.4, 0.5) is 4.39 Å². The van der Waals surface area contributed by atoms with Crippen LogP contribution in [0.1, 0.15) is 39.3 Å². The van der Waals surface area contributed by atoms with E-state index in [0.717, 1.165) is 3.57 Å². The van der Waals surface area contributed by atoms with Crippen LogP contribution in [0, 0.1) is 9.39 Å². The van der Waals surface area contributed by atoms with Gasteiger partial charge in [-0.05, 0) is 64.0 Å². The van der Waals surface area contributed by atoms with Gasteiger partial charge in [0.1, 0.15) is 17.9 Å². The maximum atomic E-state index is 14.6. The van der Waals surface area contributed by atoms with Gasteiger partial charge in [-0.3, -0.25) is 9.59 Å². The highest BCUT2D eigenvalue weighted by atomic mass is 127. The molecule has 1 saturated heterocycles. The van der Waals surface area contributed by atoms with E-state index in [1.54, 1.807) is 38.9 Å². The van der Waals surface area contributed by atoms with Gasteiger partial charge in [0.25, 0.3) is 5.91 Å². The summed E-state index contributed by atoms with van der Waals surface area (Å²) < 4.78 is 16.5. The number of hydrogen-bond acceptors (Lipinski definition) is 5. The SMILES string of the molecule is O=C(C(c1ccccc1)N1C(=O)c2cc(I)ccc2-n2nncc2C1c1ccc(F)cc1)N1CCNCC1. The molecule has 0 radical (unpaired) electrons. The number of carbonyl (C=O) groups excluding carboxylic acids is 2. The van der Waals surface area contributed by atoms with Crippen LogP contribution in [0.5, 0.6) is 0 Å². The summed E-state index contributed by atoms with van der Waals surface area (Å²) in [6, 6.07) is 19.3. The zero-order valence-corrected chi connectivity index (χ0v) is 22.5. The Morgan fingerprint density at radius 1 is 1.03 bits per heavy atom. The molecule has 4 aromatic rings. The molecular formula is C28H24FIN6O2. The van der Waals surface area contributed by atoms with Gasteiger partial charge in [-0.2, -0.15) is 0 Å². The number of rotatable bonds is 4. The summed E-state index contributed by atoms with van der Waals surface area (Å²) in [4.78, 5) is 32.4. The van der Waals surface area contributed by atoms with E-state index in [2.05, 4.69) is 38.2 Å². The summed E-state index contributed by atoms with van der Waals surface area (Å²) in [7, 11) is 0. The summed E-state index contributed by atoms with van der Waals surface area (Å²) in [6.45, 7) is 2.44. The van der Waals surface area contributed by atoms with Crippen molar-refractivity contribution in [1.29, 1.82) is 0 Å². The molecule has 2 amide bonds. The van der Waals surface area contributed by atoms with Crippen molar-refractivity contribution in [2.75, 3.05) is 26.2 Å². The van der Waals surface area contributed by atoms with Crippen LogP contribution in [-0.4, -0.2) is 62.8 Å². The Morgan fingerprint density at radius 3 is 2.50 bits per heavy atom. The molecule has 2 atom stereocenters. The van der Waals surface area contributed by atoms with Crippen molar-refractivity contribution < 1.29 is 14.0 Å². The van der Waals surface area contributed by atoms with Gasteiger partial charge in [-0.15, -0.1) is 5.10 Å². The lowest BCUT2D eigenvalue weighted by Gasteiger charge is -2.40. The fraction of sp³-hybridized carbons (Fsp3) is 0.214. The van der Waals surface area contributed by atoms with Crippen LogP contribution in [0.15, 0.2) is 79.0 Å². The third-order valence-electron chi connectivity index (χ3n) is 7.03. The number of hydrogen-bond donors (Lipinski definition) is 1. The molecule has 1 aromatic heterocycles. The zero-order chi connectivity index (χ0) is 26.2. The van der Waals surface area contributed by atoms with Gasteiger partial charge in [-0.1, -0.05) is 47.7 Å². The van der Waals surface area contributed by atoms with E-state index < -0.39 is 12.1 Å². The minimum atomic E-state index is -0.927. The number of aromatic nitrogens is 3. The second-order valence-corrected chi connectivity index (χ2v) is 10.5. The predicted molar refractivity (Wildman–Crippen MR) is 147 cm³/mol. The number of carbonyl (C=O) groups is 2. The summed E-state index contributed by atoms with van der Waals surface area (Å²) in [5, 5.41) is 11.8. The van der Waals surface area contributed by atoms with Crippen molar-refractivity contribution in [2.45, 2.75) is 12.1 Å². The first-order chi connectivity index (χ1) is 18.5. The van der Waals surface area contributed by atoms with E-state index in [-0.39, 0.29) is 17.6 Å². The average molecular weight is 622 g/mol. The zero-order valence-electron chi connectivity index (χ0n) is 20.3. The molecular weight excluding hydrogens is 598 g/mol. The molecule has 6 rings (SSSR count). The number of fused-ring (bicyclic) bond motifs is 3. The highest BCUT2D eigenvalue weighted by Gasteiger charge is 2.44. The van der Waals surface area contributed by atoms with E-state index in [9.17, 15) is 14.0 Å². The Labute approximate surface area is 232 Å². The second-order valence-electron chi connectivity index (χ2n) is 9.29. The molecule has 2 aliphatic rings. The molecule has 2 unspecified atom stereocenters. The molecule has 0 saturated carbocycles. The Balaban J connectivity index is 1.61. The van der Waals surface area contributed by atoms with Crippen LogP contribution in [0.3, 0.4) is 0 Å². The number of benzene rings is 3. The lowest BCUT2D eigenvalue weighted by Crippen LogP contribution is -2.52. The first-order valence-corrected chi connectivity index (χ1v) is 13.4. The largest absolute Gasteiger partial charge is 0.338 e. The van der Waals surface area contributed by atoms with Crippen LogP contribution in [0.25, 0.3) is 5.69 Å². The number of piperazine rings is 1. The molecule has 0 spiro atoms. The quantitative estimate of drug-likeness (QED) is 0.351. The summed E-state index contributed by atoms with van der Waals surface area (Å²) >= 11 is 2.17. The fourth-order valence-corrected chi connectivity index (χ4v) is 5.73. The average Bonchev–Trinajstić information content (AvgIpc) is 3.40. The number of halogens is 2. The van der Waals surface area contributed by atoms with Gasteiger partial charge in [0, 0.05) is 29.7 Å². The number of nitrogens with one attached hydrogen (secondary N) is 1. The lowest BCUT2D eigenvalue weighted by molar-refractivity contribution is -0.137. The molecule has 3 heterocycles. The highest BCUT2D eigenvalue weighted by Crippen LogP contribution is 2.41. The maximum Gasteiger partial charge on any atom is 0.257 e. The van der Waals surface area contributed by atoms with Gasteiger partial charge in [0.15, 0.2) is 0 Å². The molecule has 1 N–H and O–H groups in total. The topological polar surface area (TPSA) is 83.4 Å². The van der Waals surface area contributed by atoms with E-state index >= 15 is 0 Å². The van der Waals surface area contributed by atoms with Crippen molar-refractivity contribution in [2.24, 2.45) is 0 Å². The van der Waals surface area contributed by atoms with Crippen molar-refractivity contribution >= 4 is 34.4 Å². The van der Waals surface area contributed by atoms with Crippen molar-refractivity contribution in [3.63, 3.8) is 0 Å². The fourth-order valence-electron chi connectivity index (χ4n) is 5.24. The van der Waals surface area contributed by atoms with Crippen molar-refractivity contribution in [3.8, 4) is 5.69 Å². The molecule has 8 nitrogen and oxygen atoms in total. The maximum absolute atomic E-state index is 14.6. The van der Waals surface area contributed by atoms with Crippen LogP contribution >= 0.6 is 22.6 Å². The minimum Gasteiger partial charge on any atom is -0.338 e. The normalized spacial score (nSPS) is 17.9. The van der Waals surface area contributed by atoms with Gasteiger partial charge in [-0.25, -0.2) is 9.07 Å². The summed E-state index contributed by atoms with van der Waals surface area (Å²) in [5.41, 5.74) is 2.96. The number of amides is 2. The first kappa shape index (κ1) is 24.7. The van der Waals surface area contributed by atoms with Crippen molar-refractivity contribution in [3.05, 3.63) is 111 Å². The highest BCUT2D eigenvalue weighted by molar-refractivity contribution is 14.1. The first-order valence-electron chi connectivity index (χ1n) is 12.4. The second kappa shape index (κ2) is 10.3. The van der Waals surface area contributed by atoms with E-state index in [1.165, 1.54) is 12.1 Å². The molecule has 0 bridgehead atoms. The molecule has 2 aliphatic heterocycles. The Bertz CT molecular complexity index is 1490. The Morgan fingerprint density at radius 2 is 1.76 bits per heavy atom. The van der Waals surface area contributed by atoms with Gasteiger partial charge in [0.2, 0.25) is 5.91 Å². The van der Waals surface area contributed by atoms with Gasteiger partial charge >= 0.3 is 0 Å². The molecule has 10 heteroatoms. The Kier molecular flexibility index (Phi) is 6.66. The van der Waals surface area contributed by atoms with E-state index in [0.29, 0.717) is 54.3 Å².